The number of alkyl halides is 3. The number of rotatable bonds is 1. The summed E-state index contributed by atoms with van der Waals surface area (Å²) in [6.07, 6.45) is -4.64. The van der Waals surface area contributed by atoms with Gasteiger partial charge in [0.25, 0.3) is 0 Å². The van der Waals surface area contributed by atoms with Gasteiger partial charge in [-0.2, -0.15) is 0 Å². The van der Waals surface area contributed by atoms with E-state index in [0.717, 1.165) is 12.1 Å². The first-order chi connectivity index (χ1) is 5.47. The van der Waals surface area contributed by atoms with Crippen molar-refractivity contribution in [2.24, 2.45) is 0 Å². The largest absolute Gasteiger partial charge is 0.573 e. The van der Waals surface area contributed by atoms with Gasteiger partial charge in [0.15, 0.2) is 0 Å². The fraction of sp³-hybridized carbons (Fsp3) is 0.143. The Morgan fingerprint density at radius 1 is 1.08 bits per heavy atom. The van der Waals surface area contributed by atoms with Crippen molar-refractivity contribution >= 4 is 13.3 Å². The summed E-state index contributed by atoms with van der Waals surface area (Å²) in [6.45, 7) is 0. The monoisotopic (exact) mass is 172 g/mol. The van der Waals surface area contributed by atoms with Crippen molar-refractivity contribution in [3.63, 3.8) is 0 Å². The van der Waals surface area contributed by atoms with Gasteiger partial charge < -0.3 is 4.74 Å². The van der Waals surface area contributed by atoms with Crippen molar-refractivity contribution in [1.82, 2.24) is 0 Å². The topological polar surface area (TPSA) is 9.23 Å². The number of halogens is 3. The zero-order valence-corrected chi connectivity index (χ0v) is 5.93. The summed E-state index contributed by atoms with van der Waals surface area (Å²) in [4.78, 5) is 0. The van der Waals surface area contributed by atoms with Crippen LogP contribution >= 0.6 is 0 Å². The summed E-state index contributed by atoms with van der Waals surface area (Å²) in [5.74, 6) is -0.267. The van der Waals surface area contributed by atoms with Crippen LogP contribution in [0.5, 0.6) is 5.75 Å². The van der Waals surface area contributed by atoms with Crippen LogP contribution in [0.25, 0.3) is 0 Å². The van der Waals surface area contributed by atoms with Crippen LogP contribution in [0.15, 0.2) is 24.3 Å². The van der Waals surface area contributed by atoms with E-state index in [1.54, 1.807) is 0 Å². The number of ether oxygens (including phenoxy) is 1. The quantitative estimate of drug-likeness (QED) is 0.581. The smallest absolute Gasteiger partial charge is 0.406 e. The van der Waals surface area contributed by atoms with Crippen LogP contribution < -0.4 is 10.2 Å². The maximum Gasteiger partial charge on any atom is 0.573 e. The zero-order chi connectivity index (χ0) is 9.19. The second kappa shape index (κ2) is 3.09. The lowest BCUT2D eigenvalue weighted by atomic mass is 9.97. The van der Waals surface area contributed by atoms with Gasteiger partial charge in [-0.3, -0.25) is 0 Å². The van der Waals surface area contributed by atoms with Crippen molar-refractivity contribution in [1.29, 1.82) is 0 Å². The summed E-state index contributed by atoms with van der Waals surface area (Å²) in [6, 6.07) is 4.98. The summed E-state index contributed by atoms with van der Waals surface area (Å²) in [7, 11) is 5.25. The predicted octanol–water partition coefficient (Wildman–Crippen LogP) is 1.38. The molecule has 0 amide bonds. The maximum absolute atomic E-state index is 11.6. The van der Waals surface area contributed by atoms with Crippen LogP contribution in [-0.2, 0) is 0 Å². The minimum absolute atomic E-state index is 0.267. The molecule has 0 unspecified atom stereocenters. The Labute approximate surface area is 68.6 Å². The summed E-state index contributed by atoms with van der Waals surface area (Å²) in [5.41, 5.74) is 0.393. The zero-order valence-electron chi connectivity index (χ0n) is 5.93. The Morgan fingerprint density at radius 2 is 1.58 bits per heavy atom. The average molecular weight is 172 g/mol. The molecule has 1 rings (SSSR count). The molecule has 62 valence electrons. The molecule has 5 heteroatoms. The van der Waals surface area contributed by atoms with Gasteiger partial charge in [-0.05, 0) is 12.1 Å². The first-order valence-electron chi connectivity index (χ1n) is 3.09. The van der Waals surface area contributed by atoms with E-state index >= 15 is 0 Å². The fourth-order valence-electron chi connectivity index (χ4n) is 0.669. The number of hydrogen-bond acceptors (Lipinski definition) is 1. The van der Waals surface area contributed by atoms with Crippen molar-refractivity contribution < 1.29 is 17.9 Å². The van der Waals surface area contributed by atoms with Crippen LogP contribution in [0, 0.1) is 0 Å². The minimum Gasteiger partial charge on any atom is -0.406 e. The van der Waals surface area contributed by atoms with E-state index in [1.165, 1.54) is 12.1 Å². The highest BCUT2D eigenvalue weighted by molar-refractivity contribution is 6.32. The Morgan fingerprint density at radius 3 is 2.00 bits per heavy atom. The molecule has 12 heavy (non-hydrogen) atoms. The Hall–Kier alpha value is -1.13. The third-order valence-corrected chi connectivity index (χ3v) is 1.11. The van der Waals surface area contributed by atoms with E-state index < -0.39 is 6.36 Å². The molecule has 1 aromatic carbocycles. The fourth-order valence-corrected chi connectivity index (χ4v) is 0.669. The molecule has 0 saturated carbocycles. The molecular weight excluding hydrogens is 168 g/mol. The van der Waals surface area contributed by atoms with Crippen molar-refractivity contribution in [3.8, 4) is 5.75 Å². The highest BCUT2D eigenvalue weighted by atomic mass is 19.4. The van der Waals surface area contributed by atoms with Crippen molar-refractivity contribution in [2.45, 2.75) is 6.36 Å². The lowest BCUT2D eigenvalue weighted by Gasteiger charge is -2.08. The summed E-state index contributed by atoms with van der Waals surface area (Å²) < 4.78 is 38.4. The minimum atomic E-state index is -4.64. The van der Waals surface area contributed by atoms with Crippen LogP contribution in [-0.4, -0.2) is 14.2 Å². The second-order valence-electron chi connectivity index (χ2n) is 2.12. The highest BCUT2D eigenvalue weighted by Crippen LogP contribution is 2.21. The number of benzene rings is 1. The van der Waals surface area contributed by atoms with E-state index in [4.69, 9.17) is 7.85 Å². The SMILES string of the molecule is [B]c1ccc(OC(F)(F)F)cc1. The van der Waals surface area contributed by atoms with E-state index in [-0.39, 0.29) is 5.75 Å². The van der Waals surface area contributed by atoms with Crippen LogP contribution in [0.4, 0.5) is 13.2 Å². The third-order valence-electron chi connectivity index (χ3n) is 1.11. The standard InChI is InChI=1S/C7H4BF3O/c8-5-1-3-6(4-2-5)12-7(9,10)11/h1-4H. The van der Waals surface area contributed by atoms with Crippen molar-refractivity contribution in [3.05, 3.63) is 24.3 Å². The average Bonchev–Trinajstić information content (AvgIpc) is 1.91. The van der Waals surface area contributed by atoms with E-state index in [2.05, 4.69) is 4.74 Å². The molecule has 0 aliphatic carbocycles. The van der Waals surface area contributed by atoms with Gasteiger partial charge in [0.1, 0.15) is 13.6 Å². The normalized spacial score (nSPS) is 11.2. The molecular formula is C7H4BF3O. The molecule has 0 heterocycles. The summed E-state index contributed by atoms with van der Waals surface area (Å²) in [5, 5.41) is 0. The maximum atomic E-state index is 11.6. The summed E-state index contributed by atoms with van der Waals surface area (Å²) >= 11 is 0. The molecule has 1 nitrogen and oxygen atoms in total. The van der Waals surface area contributed by atoms with Gasteiger partial charge in [0.05, 0.1) is 0 Å². The van der Waals surface area contributed by atoms with Gasteiger partial charge in [-0.25, -0.2) is 0 Å². The molecule has 0 saturated heterocycles. The molecule has 0 aromatic heterocycles. The van der Waals surface area contributed by atoms with Crippen LogP contribution in [0.1, 0.15) is 0 Å². The lowest BCUT2D eigenvalue weighted by Crippen LogP contribution is -2.17. The van der Waals surface area contributed by atoms with Gasteiger partial charge >= 0.3 is 6.36 Å². The molecule has 0 atom stereocenters. The highest BCUT2D eigenvalue weighted by Gasteiger charge is 2.30. The van der Waals surface area contributed by atoms with Crippen LogP contribution in [0.3, 0.4) is 0 Å². The lowest BCUT2D eigenvalue weighted by molar-refractivity contribution is -0.274. The van der Waals surface area contributed by atoms with Crippen molar-refractivity contribution in [2.75, 3.05) is 0 Å². The van der Waals surface area contributed by atoms with Gasteiger partial charge in [0.2, 0.25) is 0 Å². The molecule has 0 spiro atoms. The van der Waals surface area contributed by atoms with Crippen LogP contribution in [0.2, 0.25) is 0 Å². The first kappa shape index (κ1) is 8.97. The van der Waals surface area contributed by atoms with E-state index in [9.17, 15) is 13.2 Å². The van der Waals surface area contributed by atoms with E-state index in [1.807, 2.05) is 0 Å². The molecule has 0 aliphatic heterocycles. The van der Waals surface area contributed by atoms with E-state index in [0.29, 0.717) is 5.46 Å². The van der Waals surface area contributed by atoms with Gasteiger partial charge in [-0.15, -0.1) is 13.2 Å². The first-order valence-corrected chi connectivity index (χ1v) is 3.09. The van der Waals surface area contributed by atoms with Gasteiger partial charge in [0, 0.05) is 0 Å². The molecule has 2 radical (unpaired) electrons. The predicted molar refractivity (Wildman–Crippen MR) is 38.5 cm³/mol. The molecule has 0 N–H and O–H groups in total. The molecule has 0 fully saturated rings. The third kappa shape index (κ3) is 2.86. The second-order valence-corrected chi connectivity index (χ2v) is 2.12. The molecule has 0 bridgehead atoms. The molecule has 1 aromatic rings. The Balaban J connectivity index is 2.71. The van der Waals surface area contributed by atoms with Gasteiger partial charge in [-0.1, -0.05) is 17.6 Å². The number of hydrogen-bond donors (Lipinski definition) is 0. The Kier molecular flexibility index (Phi) is 2.31. The molecule has 0 aliphatic rings. The Bertz CT molecular complexity index is 254.